The Morgan fingerprint density at radius 3 is 1.18 bits per heavy atom. The van der Waals surface area contributed by atoms with E-state index in [4.69, 9.17) is 0 Å². The minimum atomic E-state index is 0. The molecule has 33 heavy (non-hydrogen) atoms. The number of nitrogens with zero attached hydrogens (tertiary/aromatic N) is 2. The van der Waals surface area contributed by atoms with Crippen LogP contribution in [0.3, 0.4) is 0 Å². The van der Waals surface area contributed by atoms with Crippen molar-refractivity contribution in [1.29, 1.82) is 0 Å². The van der Waals surface area contributed by atoms with Crippen molar-refractivity contribution in [2.75, 3.05) is 26.2 Å². The zero-order valence-corrected chi connectivity index (χ0v) is 22.7. The molecule has 0 aromatic carbocycles. The molecule has 192 valence electrons. The summed E-state index contributed by atoms with van der Waals surface area (Å²) in [6.45, 7) is 24.7. The Labute approximate surface area is 205 Å². The van der Waals surface area contributed by atoms with Crippen LogP contribution in [0.25, 0.3) is 0 Å². The van der Waals surface area contributed by atoms with Crippen molar-refractivity contribution in [3.63, 3.8) is 0 Å². The highest BCUT2D eigenvalue weighted by molar-refractivity contribution is 5.94. The summed E-state index contributed by atoms with van der Waals surface area (Å²) in [5, 5.41) is 0. The lowest BCUT2D eigenvalue weighted by molar-refractivity contribution is -0.130. The first-order valence-corrected chi connectivity index (χ1v) is 12.7. The van der Waals surface area contributed by atoms with Crippen molar-refractivity contribution in [3.05, 3.63) is 22.3 Å². The van der Waals surface area contributed by atoms with Gasteiger partial charge < -0.3 is 9.80 Å². The SMILES string of the molecule is C.CC(C)=C(C)C(=O)N1CCC[C@@H](C(C)C)C1.CC(C)=C(C)C(=O)N1CCC[C@H](C(C)C)C1. The van der Waals surface area contributed by atoms with Crippen LogP contribution < -0.4 is 0 Å². The van der Waals surface area contributed by atoms with Crippen LogP contribution in [0.4, 0.5) is 0 Å². The van der Waals surface area contributed by atoms with Gasteiger partial charge in [0, 0.05) is 37.3 Å². The Balaban J connectivity index is 0.000000602. The summed E-state index contributed by atoms with van der Waals surface area (Å²) in [4.78, 5) is 28.4. The third kappa shape index (κ3) is 9.66. The van der Waals surface area contributed by atoms with Gasteiger partial charge in [-0.25, -0.2) is 0 Å². The lowest BCUT2D eigenvalue weighted by atomic mass is 9.87. The number of allylic oxidation sites excluding steroid dienone is 2. The Bertz CT molecular complexity index is 634. The number of carbonyl (C=O) groups is 2. The van der Waals surface area contributed by atoms with Crippen molar-refractivity contribution < 1.29 is 9.59 Å². The fraction of sp³-hybridized carbons (Fsp3) is 0.793. The second-order valence-corrected chi connectivity index (χ2v) is 11.0. The van der Waals surface area contributed by atoms with Gasteiger partial charge in [-0.15, -0.1) is 0 Å². The summed E-state index contributed by atoms with van der Waals surface area (Å²) in [6, 6.07) is 0. The minimum Gasteiger partial charge on any atom is -0.339 e. The molecule has 2 aliphatic heterocycles. The number of rotatable bonds is 4. The smallest absolute Gasteiger partial charge is 0.249 e. The van der Waals surface area contributed by atoms with E-state index in [0.717, 1.165) is 61.3 Å². The van der Waals surface area contributed by atoms with Crippen LogP contribution >= 0.6 is 0 Å². The molecule has 2 aliphatic rings. The van der Waals surface area contributed by atoms with Crippen molar-refractivity contribution in [2.24, 2.45) is 23.7 Å². The molecule has 2 rings (SSSR count). The van der Waals surface area contributed by atoms with Gasteiger partial charge in [-0.2, -0.15) is 0 Å². The highest BCUT2D eigenvalue weighted by atomic mass is 16.2. The Morgan fingerprint density at radius 2 is 0.939 bits per heavy atom. The summed E-state index contributed by atoms with van der Waals surface area (Å²) in [5.74, 6) is 3.21. The first kappa shape index (κ1) is 31.4. The van der Waals surface area contributed by atoms with E-state index in [1.165, 1.54) is 12.8 Å². The summed E-state index contributed by atoms with van der Waals surface area (Å²) >= 11 is 0. The highest BCUT2D eigenvalue weighted by Gasteiger charge is 2.27. The maximum absolute atomic E-state index is 12.2. The molecule has 0 unspecified atom stereocenters. The third-order valence-electron chi connectivity index (χ3n) is 7.52. The van der Waals surface area contributed by atoms with Gasteiger partial charge in [0.05, 0.1) is 0 Å². The standard InChI is InChI=1S/2C14H25NO.CH4/c2*1-10(2)12(5)14(16)15-8-6-7-13(9-15)11(3)4;/h2*11,13H,6-9H2,1-5H3;1H4/t2*13-;/m10./s1. The third-order valence-corrected chi connectivity index (χ3v) is 7.52. The molecule has 2 fully saturated rings. The quantitative estimate of drug-likeness (QED) is 0.418. The lowest BCUT2D eigenvalue weighted by Crippen LogP contribution is -2.41. The van der Waals surface area contributed by atoms with E-state index in [-0.39, 0.29) is 19.2 Å². The number of hydrogen-bond donors (Lipinski definition) is 0. The van der Waals surface area contributed by atoms with Crippen LogP contribution in [0, 0.1) is 23.7 Å². The van der Waals surface area contributed by atoms with Gasteiger partial charge in [0.15, 0.2) is 0 Å². The normalized spacial score (nSPS) is 20.5. The predicted molar refractivity (Wildman–Crippen MR) is 143 cm³/mol. The minimum absolute atomic E-state index is 0. The van der Waals surface area contributed by atoms with Crippen LogP contribution in [0.15, 0.2) is 22.3 Å². The van der Waals surface area contributed by atoms with Crippen LogP contribution in [0.2, 0.25) is 0 Å². The molecule has 2 amide bonds. The fourth-order valence-corrected chi connectivity index (χ4v) is 4.38. The molecule has 0 N–H and O–H groups in total. The molecular weight excluding hydrogens is 408 g/mol. The Kier molecular flexibility index (Phi) is 13.9. The molecule has 0 spiro atoms. The molecule has 0 bridgehead atoms. The first-order valence-electron chi connectivity index (χ1n) is 12.7. The molecule has 2 atom stereocenters. The van der Waals surface area contributed by atoms with Crippen molar-refractivity contribution >= 4 is 11.8 Å². The molecular formula is C29H54N2O2. The predicted octanol–water partition coefficient (Wildman–Crippen LogP) is 7.11. The van der Waals surface area contributed by atoms with Crippen LogP contribution in [0.1, 0.15) is 102 Å². The second-order valence-electron chi connectivity index (χ2n) is 11.0. The summed E-state index contributed by atoms with van der Waals surface area (Å²) in [7, 11) is 0. The molecule has 2 saturated heterocycles. The highest BCUT2D eigenvalue weighted by Crippen LogP contribution is 2.25. The maximum atomic E-state index is 12.2. The number of likely N-dealkylation sites (tertiary alicyclic amines) is 2. The van der Waals surface area contributed by atoms with E-state index in [2.05, 4.69) is 27.7 Å². The van der Waals surface area contributed by atoms with E-state index in [1.807, 2.05) is 51.3 Å². The summed E-state index contributed by atoms with van der Waals surface area (Å²) < 4.78 is 0. The van der Waals surface area contributed by atoms with Gasteiger partial charge in [0.2, 0.25) is 11.8 Å². The van der Waals surface area contributed by atoms with Crippen LogP contribution in [0.5, 0.6) is 0 Å². The van der Waals surface area contributed by atoms with Crippen molar-refractivity contribution in [1.82, 2.24) is 9.80 Å². The number of carbonyl (C=O) groups excluding carboxylic acids is 2. The Morgan fingerprint density at radius 1 is 0.636 bits per heavy atom. The number of amides is 2. The summed E-state index contributed by atoms with van der Waals surface area (Å²) in [6.07, 6.45) is 4.86. The van der Waals surface area contributed by atoms with Gasteiger partial charge in [0.1, 0.15) is 0 Å². The van der Waals surface area contributed by atoms with E-state index in [0.29, 0.717) is 23.7 Å². The zero-order valence-electron chi connectivity index (χ0n) is 22.7. The first-order chi connectivity index (χ1) is 14.9. The average Bonchev–Trinajstić information content (AvgIpc) is 2.77. The molecule has 4 nitrogen and oxygen atoms in total. The topological polar surface area (TPSA) is 40.6 Å². The molecule has 0 aromatic heterocycles. The van der Waals surface area contributed by atoms with E-state index in [1.54, 1.807) is 0 Å². The second kappa shape index (κ2) is 14.6. The largest absolute Gasteiger partial charge is 0.339 e. The molecule has 0 aliphatic carbocycles. The van der Waals surface area contributed by atoms with Gasteiger partial charge in [-0.1, -0.05) is 46.3 Å². The van der Waals surface area contributed by atoms with Gasteiger partial charge in [-0.05, 0) is 90.9 Å². The van der Waals surface area contributed by atoms with E-state index in [9.17, 15) is 9.59 Å². The molecule has 0 radical (unpaired) electrons. The maximum Gasteiger partial charge on any atom is 0.249 e. The zero-order chi connectivity index (χ0) is 24.6. The Hall–Kier alpha value is -1.58. The molecule has 0 saturated carbocycles. The number of hydrogen-bond acceptors (Lipinski definition) is 2. The van der Waals surface area contributed by atoms with Gasteiger partial charge >= 0.3 is 0 Å². The van der Waals surface area contributed by atoms with Gasteiger partial charge in [-0.3, -0.25) is 9.59 Å². The fourth-order valence-electron chi connectivity index (χ4n) is 4.38. The molecule has 0 aromatic rings. The van der Waals surface area contributed by atoms with Crippen molar-refractivity contribution in [2.45, 2.75) is 102 Å². The summed E-state index contributed by atoms with van der Waals surface area (Å²) in [5.41, 5.74) is 4.11. The molecule has 4 heteroatoms. The lowest BCUT2D eigenvalue weighted by Gasteiger charge is -2.35. The van der Waals surface area contributed by atoms with Crippen LogP contribution in [-0.4, -0.2) is 47.8 Å². The van der Waals surface area contributed by atoms with E-state index < -0.39 is 0 Å². The van der Waals surface area contributed by atoms with Crippen molar-refractivity contribution in [3.8, 4) is 0 Å². The van der Waals surface area contributed by atoms with Crippen LogP contribution in [-0.2, 0) is 9.59 Å². The van der Waals surface area contributed by atoms with Gasteiger partial charge in [0.25, 0.3) is 0 Å². The molecule has 2 heterocycles. The average molecular weight is 463 g/mol. The monoisotopic (exact) mass is 462 g/mol. The number of piperidine rings is 2. The van der Waals surface area contributed by atoms with E-state index >= 15 is 0 Å².